The number of aliphatic hydroxyl groups is 5. The van der Waals surface area contributed by atoms with E-state index in [1.165, 1.54) is 7.11 Å². The number of ether oxygens (including phenoxy) is 3. The van der Waals surface area contributed by atoms with Crippen LogP contribution in [0.25, 0.3) is 0 Å². The summed E-state index contributed by atoms with van der Waals surface area (Å²) < 4.78 is 18.9. The first-order valence-electron chi connectivity index (χ1n) is 14.3. The van der Waals surface area contributed by atoms with Crippen molar-refractivity contribution in [2.75, 3.05) is 13.7 Å². The van der Waals surface area contributed by atoms with Crippen LogP contribution in [0.5, 0.6) is 0 Å². The Balaban J connectivity index is 1.52. The Morgan fingerprint density at radius 3 is 2.36 bits per heavy atom. The molecule has 0 spiro atoms. The van der Waals surface area contributed by atoms with Crippen LogP contribution in [0.2, 0.25) is 0 Å². The lowest BCUT2D eigenvalue weighted by atomic mass is 9.39. The molecule has 0 aromatic rings. The number of carbonyl (C=O) groups excluding carboxylic acids is 2. The summed E-state index contributed by atoms with van der Waals surface area (Å²) in [6.45, 7) is 6.63. The Bertz CT molecular complexity index is 1140. The number of aliphatic hydroxyl groups excluding tert-OH is 3. The molecule has 13 atom stereocenters. The molecule has 218 valence electrons. The summed E-state index contributed by atoms with van der Waals surface area (Å²) in [5.41, 5.74) is -5.08. The highest BCUT2D eigenvalue weighted by Crippen LogP contribution is 2.75. The summed E-state index contributed by atoms with van der Waals surface area (Å²) in [4.78, 5) is 26.2. The van der Waals surface area contributed by atoms with Gasteiger partial charge in [0.1, 0.15) is 17.5 Å². The standard InChI is InChI=1S/C29H42O10/c1-13-14(2)24(34)38-22(13)23-15(3)27(35)9-8-17-16-10-21(33)29(36)20(32)7-6-19(31)26(29,12-30)18(16)11-28(37-5,39-23)25(17,27)4/h15-18,20-23,30,32-33,35-36H,6-12H2,1-5H3. The van der Waals surface area contributed by atoms with E-state index in [-0.39, 0.29) is 37.5 Å². The van der Waals surface area contributed by atoms with Crippen molar-refractivity contribution in [1.82, 2.24) is 0 Å². The molecular formula is C29H42O10. The summed E-state index contributed by atoms with van der Waals surface area (Å²) in [5.74, 6) is -4.04. The van der Waals surface area contributed by atoms with Crippen LogP contribution in [0.15, 0.2) is 11.1 Å². The zero-order valence-corrected chi connectivity index (χ0v) is 23.3. The Kier molecular flexibility index (Phi) is 5.93. The van der Waals surface area contributed by atoms with Crippen molar-refractivity contribution in [3.8, 4) is 0 Å². The van der Waals surface area contributed by atoms with Gasteiger partial charge in [-0.25, -0.2) is 4.79 Å². The number of methoxy groups -OCH3 is 1. The molecule has 0 amide bonds. The van der Waals surface area contributed by atoms with Crippen molar-refractivity contribution in [3.63, 3.8) is 0 Å². The molecule has 0 aromatic carbocycles. The van der Waals surface area contributed by atoms with Crippen LogP contribution >= 0.6 is 0 Å². The van der Waals surface area contributed by atoms with Gasteiger partial charge in [-0.2, -0.15) is 0 Å². The number of cyclic esters (lactones) is 1. The lowest BCUT2D eigenvalue weighted by Gasteiger charge is -2.71. The summed E-state index contributed by atoms with van der Waals surface area (Å²) in [6, 6.07) is 0. The molecule has 4 aliphatic carbocycles. The first-order chi connectivity index (χ1) is 18.2. The van der Waals surface area contributed by atoms with Crippen molar-refractivity contribution in [2.45, 2.75) is 108 Å². The number of esters is 1. The highest BCUT2D eigenvalue weighted by atomic mass is 16.7. The fourth-order valence-corrected chi connectivity index (χ4v) is 10.4. The Hall–Kier alpha value is -1.40. The maximum Gasteiger partial charge on any atom is 0.334 e. The van der Waals surface area contributed by atoms with E-state index in [9.17, 15) is 35.1 Å². The second-order valence-corrected chi connectivity index (χ2v) is 13.4. The van der Waals surface area contributed by atoms with Crippen molar-refractivity contribution in [3.05, 3.63) is 11.1 Å². The zero-order chi connectivity index (χ0) is 28.5. The molecule has 0 bridgehead atoms. The predicted octanol–water partition coefficient (Wildman–Crippen LogP) is 0.608. The molecular weight excluding hydrogens is 508 g/mol. The van der Waals surface area contributed by atoms with E-state index in [4.69, 9.17) is 14.2 Å². The van der Waals surface area contributed by atoms with E-state index in [1.807, 2.05) is 20.8 Å². The smallest absolute Gasteiger partial charge is 0.334 e. The number of fused-ring (bicyclic) bond motifs is 4. The predicted molar refractivity (Wildman–Crippen MR) is 135 cm³/mol. The van der Waals surface area contributed by atoms with Gasteiger partial charge in [0, 0.05) is 31.4 Å². The summed E-state index contributed by atoms with van der Waals surface area (Å²) in [6.07, 6.45) is -3.20. The third-order valence-corrected chi connectivity index (χ3v) is 12.8. The van der Waals surface area contributed by atoms with E-state index in [0.717, 1.165) is 5.57 Å². The summed E-state index contributed by atoms with van der Waals surface area (Å²) >= 11 is 0. The van der Waals surface area contributed by atoms with E-state index in [1.54, 1.807) is 6.92 Å². The van der Waals surface area contributed by atoms with Gasteiger partial charge in [0.2, 0.25) is 0 Å². The van der Waals surface area contributed by atoms with E-state index in [0.29, 0.717) is 18.4 Å². The normalized spacial score (nSPS) is 56.7. The van der Waals surface area contributed by atoms with Crippen molar-refractivity contribution in [2.24, 2.45) is 34.5 Å². The lowest BCUT2D eigenvalue weighted by molar-refractivity contribution is -0.428. The number of Topliss-reactive ketones (excluding diaryl/α,β-unsaturated/α-hetero) is 1. The van der Waals surface area contributed by atoms with Gasteiger partial charge in [-0.3, -0.25) is 4.79 Å². The van der Waals surface area contributed by atoms with Gasteiger partial charge in [-0.1, -0.05) is 13.8 Å². The maximum atomic E-state index is 13.7. The molecule has 10 nitrogen and oxygen atoms in total. The zero-order valence-electron chi connectivity index (χ0n) is 23.3. The van der Waals surface area contributed by atoms with Crippen LogP contribution in [-0.4, -0.2) is 92.4 Å². The van der Waals surface area contributed by atoms with Crippen LogP contribution in [0, 0.1) is 34.5 Å². The molecule has 6 aliphatic rings. The van der Waals surface area contributed by atoms with E-state index >= 15 is 0 Å². The van der Waals surface area contributed by atoms with Gasteiger partial charge in [0.05, 0.1) is 35.2 Å². The number of hydrogen-bond acceptors (Lipinski definition) is 10. The third-order valence-electron chi connectivity index (χ3n) is 12.8. The van der Waals surface area contributed by atoms with Crippen molar-refractivity contribution in [1.29, 1.82) is 0 Å². The molecule has 2 heterocycles. The molecule has 39 heavy (non-hydrogen) atoms. The summed E-state index contributed by atoms with van der Waals surface area (Å²) in [5, 5.41) is 57.7. The fraction of sp³-hybridized carbons (Fsp3) is 0.862. The molecule has 0 aromatic heterocycles. The number of rotatable bonds is 3. The molecule has 13 unspecified atom stereocenters. The van der Waals surface area contributed by atoms with Gasteiger partial charge in [0.15, 0.2) is 11.9 Å². The van der Waals surface area contributed by atoms with Gasteiger partial charge >= 0.3 is 5.97 Å². The van der Waals surface area contributed by atoms with Gasteiger partial charge < -0.3 is 39.7 Å². The molecule has 2 aliphatic heterocycles. The number of carbonyl (C=O) groups is 2. The topological polar surface area (TPSA) is 163 Å². The Labute approximate surface area is 228 Å². The minimum Gasteiger partial charge on any atom is -0.452 e. The quantitative estimate of drug-likeness (QED) is 0.315. The average Bonchev–Trinajstić information content (AvgIpc) is 3.34. The molecule has 4 saturated carbocycles. The minimum atomic E-state index is -2.23. The first-order valence-corrected chi connectivity index (χ1v) is 14.3. The fourth-order valence-electron chi connectivity index (χ4n) is 10.4. The largest absolute Gasteiger partial charge is 0.452 e. The van der Waals surface area contributed by atoms with E-state index < -0.39 is 82.4 Å². The first kappa shape index (κ1) is 27.8. The minimum absolute atomic E-state index is 0.00402. The van der Waals surface area contributed by atoms with Crippen LogP contribution in [-0.2, 0) is 23.8 Å². The third kappa shape index (κ3) is 2.82. The van der Waals surface area contributed by atoms with Crippen LogP contribution in [0.3, 0.4) is 0 Å². The molecule has 1 saturated heterocycles. The average molecular weight is 551 g/mol. The molecule has 10 heteroatoms. The molecule has 0 radical (unpaired) electrons. The van der Waals surface area contributed by atoms with Crippen LogP contribution in [0.1, 0.15) is 66.2 Å². The van der Waals surface area contributed by atoms with E-state index in [2.05, 4.69) is 0 Å². The molecule has 5 fully saturated rings. The molecule has 5 N–H and O–H groups in total. The van der Waals surface area contributed by atoms with Crippen LogP contribution in [0.4, 0.5) is 0 Å². The van der Waals surface area contributed by atoms with Gasteiger partial charge in [-0.15, -0.1) is 0 Å². The Morgan fingerprint density at radius 2 is 1.77 bits per heavy atom. The molecule has 6 rings (SSSR count). The number of hydrogen-bond donors (Lipinski definition) is 5. The second-order valence-electron chi connectivity index (χ2n) is 13.4. The highest BCUT2D eigenvalue weighted by Gasteiger charge is 2.82. The van der Waals surface area contributed by atoms with Gasteiger partial charge in [0.25, 0.3) is 0 Å². The van der Waals surface area contributed by atoms with Crippen LogP contribution < -0.4 is 0 Å². The van der Waals surface area contributed by atoms with Crippen molar-refractivity contribution < 1.29 is 49.3 Å². The Morgan fingerprint density at radius 1 is 1.08 bits per heavy atom. The van der Waals surface area contributed by atoms with Crippen molar-refractivity contribution >= 4 is 11.8 Å². The van der Waals surface area contributed by atoms with Gasteiger partial charge in [-0.05, 0) is 62.9 Å². The number of ketones is 1. The second kappa shape index (κ2) is 8.33. The lowest BCUT2D eigenvalue weighted by Crippen LogP contribution is -2.81. The SMILES string of the molecule is COC12CC3C(CC(O)C4(O)C(O)CCC(=O)C34CO)C3CCC(O)(C(C)C(C4OC(=O)C(C)=C4C)O1)C32C. The summed E-state index contributed by atoms with van der Waals surface area (Å²) in [7, 11) is 1.50. The monoisotopic (exact) mass is 550 g/mol. The maximum absolute atomic E-state index is 13.7. The highest BCUT2D eigenvalue weighted by molar-refractivity contribution is 5.91.